The zero-order valence-corrected chi connectivity index (χ0v) is 16.4. The number of hydrogen-bond donors (Lipinski definition) is 2. The van der Waals surface area contributed by atoms with Crippen LogP contribution in [0.4, 0.5) is 0 Å². The molecule has 122 valence electrons. The fourth-order valence-electron chi connectivity index (χ4n) is 1.84. The zero-order chi connectivity index (χ0) is 14.5. The largest absolute Gasteiger partial charge is 0.356 e. The summed E-state index contributed by atoms with van der Waals surface area (Å²) in [5, 5.41) is 6.72. The van der Waals surface area contributed by atoms with Crippen LogP contribution in [0.15, 0.2) is 4.99 Å². The summed E-state index contributed by atoms with van der Waals surface area (Å²) in [6, 6.07) is 0. The van der Waals surface area contributed by atoms with Gasteiger partial charge in [-0.2, -0.15) is 0 Å². The van der Waals surface area contributed by atoms with Crippen molar-refractivity contribution < 1.29 is 0 Å². The number of unbranched alkanes of at least 4 members (excludes halogenated alkanes) is 1. The molecule has 5 heteroatoms. The Morgan fingerprint density at radius 1 is 1.10 bits per heavy atom. The van der Waals surface area contributed by atoms with Gasteiger partial charge in [-0.05, 0) is 38.8 Å². The van der Waals surface area contributed by atoms with E-state index in [1.54, 1.807) is 0 Å². The molecule has 0 amide bonds. The Morgan fingerprint density at radius 2 is 1.75 bits per heavy atom. The first-order chi connectivity index (χ1) is 9.10. The molecule has 0 saturated heterocycles. The van der Waals surface area contributed by atoms with Gasteiger partial charge in [0.15, 0.2) is 5.96 Å². The first-order valence-corrected chi connectivity index (χ1v) is 7.73. The number of aliphatic imine (C=N–C) groups is 1. The summed E-state index contributed by atoms with van der Waals surface area (Å²) in [6.45, 7) is 11.0. The van der Waals surface area contributed by atoms with E-state index in [1.807, 2.05) is 7.05 Å². The molecule has 0 aromatic carbocycles. The van der Waals surface area contributed by atoms with Crippen molar-refractivity contribution >= 4 is 29.9 Å². The predicted octanol–water partition coefficient (Wildman–Crippen LogP) is 2.94. The highest BCUT2D eigenvalue weighted by Crippen LogP contribution is 2.01. The highest BCUT2D eigenvalue weighted by molar-refractivity contribution is 14.0. The SMILES string of the molecule is CCCCN(C)CCNC(=NC)NCCCC(C)C.I. The summed E-state index contributed by atoms with van der Waals surface area (Å²) in [5.74, 6) is 1.71. The number of hydrogen-bond acceptors (Lipinski definition) is 2. The molecule has 20 heavy (non-hydrogen) atoms. The molecule has 0 unspecified atom stereocenters. The summed E-state index contributed by atoms with van der Waals surface area (Å²) < 4.78 is 0. The average molecular weight is 398 g/mol. The highest BCUT2D eigenvalue weighted by atomic mass is 127. The van der Waals surface area contributed by atoms with Crippen molar-refractivity contribution in [1.82, 2.24) is 15.5 Å². The van der Waals surface area contributed by atoms with Crippen LogP contribution in [0.2, 0.25) is 0 Å². The summed E-state index contributed by atoms with van der Waals surface area (Å²) >= 11 is 0. The molecule has 0 aliphatic heterocycles. The summed E-state index contributed by atoms with van der Waals surface area (Å²) in [5.41, 5.74) is 0. The van der Waals surface area contributed by atoms with Crippen molar-refractivity contribution in [2.75, 3.05) is 40.3 Å². The fourth-order valence-corrected chi connectivity index (χ4v) is 1.84. The van der Waals surface area contributed by atoms with E-state index in [4.69, 9.17) is 0 Å². The van der Waals surface area contributed by atoms with Gasteiger partial charge in [0.1, 0.15) is 0 Å². The van der Waals surface area contributed by atoms with Crippen molar-refractivity contribution in [2.45, 2.75) is 46.5 Å². The second-order valence-electron chi connectivity index (χ2n) is 5.62. The normalized spacial score (nSPS) is 11.7. The summed E-state index contributed by atoms with van der Waals surface area (Å²) in [6.07, 6.45) is 5.01. The van der Waals surface area contributed by atoms with Gasteiger partial charge in [0.25, 0.3) is 0 Å². The topological polar surface area (TPSA) is 39.7 Å². The third-order valence-corrected chi connectivity index (χ3v) is 3.15. The smallest absolute Gasteiger partial charge is 0.191 e. The van der Waals surface area contributed by atoms with Gasteiger partial charge in [-0.1, -0.05) is 27.2 Å². The quantitative estimate of drug-likeness (QED) is 0.257. The van der Waals surface area contributed by atoms with E-state index in [1.165, 1.54) is 32.2 Å². The number of halogens is 1. The average Bonchev–Trinajstić information content (AvgIpc) is 2.38. The number of nitrogens with one attached hydrogen (secondary N) is 2. The minimum atomic E-state index is 0. The van der Waals surface area contributed by atoms with Gasteiger partial charge >= 0.3 is 0 Å². The Labute approximate surface area is 143 Å². The minimum Gasteiger partial charge on any atom is -0.356 e. The van der Waals surface area contributed by atoms with Crippen molar-refractivity contribution in [3.63, 3.8) is 0 Å². The van der Waals surface area contributed by atoms with Crippen molar-refractivity contribution in [1.29, 1.82) is 0 Å². The minimum absolute atomic E-state index is 0. The maximum atomic E-state index is 4.24. The summed E-state index contributed by atoms with van der Waals surface area (Å²) in [7, 11) is 4.01. The molecule has 0 heterocycles. The van der Waals surface area contributed by atoms with E-state index in [0.29, 0.717) is 0 Å². The first kappa shape index (κ1) is 22.2. The van der Waals surface area contributed by atoms with Crippen molar-refractivity contribution in [3.8, 4) is 0 Å². The number of guanidine groups is 1. The Bertz CT molecular complexity index is 232. The van der Waals surface area contributed by atoms with E-state index in [-0.39, 0.29) is 24.0 Å². The van der Waals surface area contributed by atoms with E-state index in [2.05, 4.69) is 48.3 Å². The molecule has 0 spiro atoms. The monoisotopic (exact) mass is 398 g/mol. The first-order valence-electron chi connectivity index (χ1n) is 7.73. The van der Waals surface area contributed by atoms with Gasteiger partial charge in [0.05, 0.1) is 0 Å². The second-order valence-corrected chi connectivity index (χ2v) is 5.62. The third kappa shape index (κ3) is 14.4. The molecule has 0 bridgehead atoms. The van der Waals surface area contributed by atoms with Crippen LogP contribution >= 0.6 is 24.0 Å². The molecule has 0 radical (unpaired) electrons. The molecule has 0 rings (SSSR count). The van der Waals surface area contributed by atoms with Gasteiger partial charge in [-0.3, -0.25) is 4.99 Å². The predicted molar refractivity (Wildman–Crippen MR) is 101 cm³/mol. The Balaban J connectivity index is 0. The molecule has 0 aliphatic carbocycles. The van der Waals surface area contributed by atoms with Gasteiger partial charge in [0, 0.05) is 26.7 Å². The van der Waals surface area contributed by atoms with Crippen molar-refractivity contribution in [3.05, 3.63) is 0 Å². The van der Waals surface area contributed by atoms with E-state index < -0.39 is 0 Å². The Morgan fingerprint density at radius 3 is 2.30 bits per heavy atom. The second kappa shape index (κ2) is 15.4. The van der Waals surface area contributed by atoms with E-state index >= 15 is 0 Å². The standard InChI is InChI=1S/C15H34N4.HI/c1-6-7-12-19(5)13-11-18-15(16-4)17-10-8-9-14(2)3;/h14H,6-13H2,1-5H3,(H2,16,17,18);1H. The molecule has 0 aromatic heterocycles. The summed E-state index contributed by atoms with van der Waals surface area (Å²) in [4.78, 5) is 6.60. The molecular formula is C15H35IN4. The van der Waals surface area contributed by atoms with Crippen LogP contribution in [-0.2, 0) is 0 Å². The number of rotatable bonds is 10. The van der Waals surface area contributed by atoms with Crippen LogP contribution in [0.25, 0.3) is 0 Å². The molecule has 4 nitrogen and oxygen atoms in total. The lowest BCUT2D eigenvalue weighted by atomic mass is 10.1. The van der Waals surface area contributed by atoms with Crippen LogP contribution in [0.5, 0.6) is 0 Å². The van der Waals surface area contributed by atoms with Gasteiger partial charge in [-0.15, -0.1) is 24.0 Å². The number of nitrogens with zero attached hydrogens (tertiary/aromatic N) is 2. The Hall–Kier alpha value is -0.0400. The van der Waals surface area contributed by atoms with Crippen LogP contribution in [0, 0.1) is 5.92 Å². The number of likely N-dealkylation sites (N-methyl/N-ethyl adjacent to an activating group) is 1. The molecule has 0 fully saturated rings. The lowest BCUT2D eigenvalue weighted by molar-refractivity contribution is 0.332. The maximum Gasteiger partial charge on any atom is 0.191 e. The van der Waals surface area contributed by atoms with Crippen LogP contribution in [0.1, 0.15) is 46.5 Å². The van der Waals surface area contributed by atoms with Crippen LogP contribution in [0.3, 0.4) is 0 Å². The van der Waals surface area contributed by atoms with E-state index in [9.17, 15) is 0 Å². The molecule has 0 aliphatic rings. The maximum absolute atomic E-state index is 4.24. The van der Waals surface area contributed by atoms with E-state index in [0.717, 1.165) is 31.5 Å². The molecule has 2 N–H and O–H groups in total. The van der Waals surface area contributed by atoms with Gasteiger partial charge in [-0.25, -0.2) is 0 Å². The molecule has 0 atom stereocenters. The lowest BCUT2D eigenvalue weighted by Gasteiger charge is -2.18. The van der Waals surface area contributed by atoms with Gasteiger partial charge in [0.2, 0.25) is 0 Å². The zero-order valence-electron chi connectivity index (χ0n) is 14.0. The molecule has 0 aromatic rings. The fraction of sp³-hybridized carbons (Fsp3) is 0.933. The third-order valence-electron chi connectivity index (χ3n) is 3.15. The highest BCUT2D eigenvalue weighted by Gasteiger charge is 2.00. The molecular weight excluding hydrogens is 363 g/mol. The van der Waals surface area contributed by atoms with Crippen LogP contribution in [-0.4, -0.2) is 51.1 Å². The van der Waals surface area contributed by atoms with Gasteiger partial charge < -0.3 is 15.5 Å². The molecule has 0 saturated carbocycles. The van der Waals surface area contributed by atoms with Crippen molar-refractivity contribution in [2.24, 2.45) is 10.9 Å². The van der Waals surface area contributed by atoms with Crippen LogP contribution < -0.4 is 10.6 Å². The Kier molecular flexibility index (Phi) is 17.1. The lowest BCUT2D eigenvalue weighted by Crippen LogP contribution is -2.41.